The molecule has 0 fully saturated rings. The fourth-order valence-electron chi connectivity index (χ4n) is 1.45. The molecule has 0 saturated heterocycles. The SMILES string of the molecule is CCCCNc1ccc(COC(=O)C(C)C)cc1. The van der Waals surface area contributed by atoms with Crippen LogP contribution in [0.2, 0.25) is 0 Å². The molecule has 1 rings (SSSR count). The number of ether oxygens (including phenoxy) is 1. The van der Waals surface area contributed by atoms with E-state index in [4.69, 9.17) is 4.74 Å². The van der Waals surface area contributed by atoms with E-state index in [0.717, 1.165) is 17.8 Å². The first-order valence-electron chi connectivity index (χ1n) is 6.63. The number of hydrogen-bond acceptors (Lipinski definition) is 3. The molecule has 0 spiro atoms. The Kier molecular flexibility index (Phi) is 6.26. The van der Waals surface area contributed by atoms with Gasteiger partial charge in [0.15, 0.2) is 0 Å². The normalized spacial score (nSPS) is 10.4. The number of benzene rings is 1. The van der Waals surface area contributed by atoms with Gasteiger partial charge < -0.3 is 10.1 Å². The topological polar surface area (TPSA) is 38.3 Å². The van der Waals surface area contributed by atoms with Crippen molar-refractivity contribution in [3.63, 3.8) is 0 Å². The summed E-state index contributed by atoms with van der Waals surface area (Å²) in [6.07, 6.45) is 2.37. The molecule has 3 heteroatoms. The number of rotatable bonds is 7. The van der Waals surface area contributed by atoms with Crippen molar-refractivity contribution in [2.24, 2.45) is 5.92 Å². The molecule has 0 radical (unpaired) electrons. The summed E-state index contributed by atoms with van der Waals surface area (Å²) >= 11 is 0. The average Bonchev–Trinajstić information content (AvgIpc) is 2.37. The Bertz CT molecular complexity index is 357. The number of carbonyl (C=O) groups excluding carboxylic acids is 1. The van der Waals surface area contributed by atoms with E-state index in [1.807, 2.05) is 38.1 Å². The smallest absolute Gasteiger partial charge is 0.308 e. The van der Waals surface area contributed by atoms with Crippen LogP contribution in [0.4, 0.5) is 5.69 Å². The summed E-state index contributed by atoms with van der Waals surface area (Å²) < 4.78 is 5.17. The molecule has 0 aliphatic carbocycles. The minimum absolute atomic E-state index is 0.0695. The minimum atomic E-state index is -0.153. The van der Waals surface area contributed by atoms with Gasteiger partial charge in [0, 0.05) is 12.2 Å². The molecule has 0 amide bonds. The zero-order valence-electron chi connectivity index (χ0n) is 11.5. The Balaban J connectivity index is 2.38. The second-order valence-electron chi connectivity index (χ2n) is 4.74. The molecule has 0 saturated carbocycles. The lowest BCUT2D eigenvalue weighted by atomic mass is 10.2. The summed E-state index contributed by atoms with van der Waals surface area (Å²) in [5.41, 5.74) is 2.13. The number of carbonyl (C=O) groups is 1. The summed E-state index contributed by atoms with van der Waals surface area (Å²) in [6.45, 7) is 7.20. The van der Waals surface area contributed by atoms with E-state index in [2.05, 4.69) is 12.2 Å². The van der Waals surface area contributed by atoms with Gasteiger partial charge in [0.2, 0.25) is 0 Å². The van der Waals surface area contributed by atoms with E-state index in [-0.39, 0.29) is 11.9 Å². The molecule has 1 aromatic carbocycles. The summed E-state index contributed by atoms with van der Waals surface area (Å²) in [5.74, 6) is -0.222. The highest BCUT2D eigenvalue weighted by molar-refractivity contribution is 5.71. The number of esters is 1. The molecule has 100 valence electrons. The first kappa shape index (κ1) is 14.6. The van der Waals surface area contributed by atoms with Crippen LogP contribution in [0, 0.1) is 5.92 Å². The predicted molar refractivity (Wildman–Crippen MR) is 74.5 cm³/mol. The summed E-state index contributed by atoms with van der Waals surface area (Å²) in [4.78, 5) is 11.3. The van der Waals surface area contributed by atoms with Gasteiger partial charge in [0.1, 0.15) is 6.61 Å². The molecule has 3 nitrogen and oxygen atoms in total. The third kappa shape index (κ3) is 5.21. The van der Waals surface area contributed by atoms with E-state index < -0.39 is 0 Å². The lowest BCUT2D eigenvalue weighted by Crippen LogP contribution is -2.11. The van der Waals surface area contributed by atoms with Crippen LogP contribution in [0.15, 0.2) is 24.3 Å². The molecule has 0 aromatic heterocycles. The molecule has 18 heavy (non-hydrogen) atoms. The molecule has 1 N–H and O–H groups in total. The summed E-state index contributed by atoms with van der Waals surface area (Å²) in [6, 6.07) is 8.02. The third-order valence-electron chi connectivity index (χ3n) is 2.67. The maximum Gasteiger partial charge on any atom is 0.308 e. The Morgan fingerprint density at radius 2 is 1.94 bits per heavy atom. The molecule has 0 bridgehead atoms. The molecule has 0 heterocycles. The van der Waals surface area contributed by atoms with Crippen LogP contribution in [0.1, 0.15) is 39.2 Å². The van der Waals surface area contributed by atoms with Crippen molar-refractivity contribution in [2.45, 2.75) is 40.2 Å². The van der Waals surface area contributed by atoms with Crippen LogP contribution in [0.5, 0.6) is 0 Å². The van der Waals surface area contributed by atoms with Gasteiger partial charge >= 0.3 is 5.97 Å². The lowest BCUT2D eigenvalue weighted by Gasteiger charge is -2.09. The van der Waals surface area contributed by atoms with Crippen molar-refractivity contribution in [3.8, 4) is 0 Å². The summed E-state index contributed by atoms with van der Waals surface area (Å²) in [7, 11) is 0. The van der Waals surface area contributed by atoms with Crippen molar-refractivity contribution in [1.82, 2.24) is 0 Å². The fraction of sp³-hybridized carbons (Fsp3) is 0.533. The zero-order valence-corrected chi connectivity index (χ0v) is 11.5. The highest BCUT2D eigenvalue weighted by Gasteiger charge is 2.07. The minimum Gasteiger partial charge on any atom is -0.461 e. The van der Waals surface area contributed by atoms with Crippen LogP contribution >= 0.6 is 0 Å². The maximum atomic E-state index is 11.3. The fourth-order valence-corrected chi connectivity index (χ4v) is 1.45. The quantitative estimate of drug-likeness (QED) is 0.592. The molecule has 0 atom stereocenters. The van der Waals surface area contributed by atoms with Gasteiger partial charge in [-0.05, 0) is 24.1 Å². The van der Waals surface area contributed by atoms with Gasteiger partial charge in [-0.1, -0.05) is 39.3 Å². The second kappa shape index (κ2) is 7.75. The van der Waals surface area contributed by atoms with Crippen LogP contribution in [0.25, 0.3) is 0 Å². The maximum absolute atomic E-state index is 11.3. The van der Waals surface area contributed by atoms with E-state index in [1.54, 1.807) is 0 Å². The van der Waals surface area contributed by atoms with Crippen molar-refractivity contribution < 1.29 is 9.53 Å². The Hall–Kier alpha value is -1.51. The van der Waals surface area contributed by atoms with Crippen molar-refractivity contribution in [2.75, 3.05) is 11.9 Å². The first-order valence-corrected chi connectivity index (χ1v) is 6.63. The molecule has 0 aliphatic heterocycles. The van der Waals surface area contributed by atoms with Gasteiger partial charge in [-0.15, -0.1) is 0 Å². The van der Waals surface area contributed by atoms with Gasteiger partial charge in [0.25, 0.3) is 0 Å². The predicted octanol–water partition coefficient (Wildman–Crippen LogP) is 3.60. The second-order valence-corrected chi connectivity index (χ2v) is 4.74. The van der Waals surface area contributed by atoms with Crippen molar-refractivity contribution in [3.05, 3.63) is 29.8 Å². The van der Waals surface area contributed by atoms with E-state index in [1.165, 1.54) is 12.8 Å². The van der Waals surface area contributed by atoms with Crippen LogP contribution in [0.3, 0.4) is 0 Å². The molecular weight excluding hydrogens is 226 g/mol. The number of unbranched alkanes of at least 4 members (excludes halogenated alkanes) is 1. The van der Waals surface area contributed by atoms with Crippen molar-refractivity contribution in [1.29, 1.82) is 0 Å². The average molecular weight is 249 g/mol. The Labute approximate surface area is 110 Å². The Morgan fingerprint density at radius 1 is 1.28 bits per heavy atom. The van der Waals surface area contributed by atoms with Gasteiger partial charge in [-0.2, -0.15) is 0 Å². The van der Waals surface area contributed by atoms with Gasteiger partial charge in [-0.3, -0.25) is 4.79 Å². The third-order valence-corrected chi connectivity index (χ3v) is 2.67. The Morgan fingerprint density at radius 3 is 2.50 bits per heavy atom. The zero-order chi connectivity index (χ0) is 13.4. The molecule has 0 aliphatic rings. The van der Waals surface area contributed by atoms with E-state index in [9.17, 15) is 4.79 Å². The molecular formula is C15H23NO2. The number of hydrogen-bond donors (Lipinski definition) is 1. The van der Waals surface area contributed by atoms with Crippen LogP contribution in [-0.2, 0) is 16.1 Å². The standard InChI is InChI=1S/C15H23NO2/c1-4-5-10-16-14-8-6-13(7-9-14)11-18-15(17)12(2)3/h6-9,12,16H,4-5,10-11H2,1-3H3. The van der Waals surface area contributed by atoms with Crippen LogP contribution < -0.4 is 5.32 Å². The summed E-state index contributed by atoms with van der Waals surface area (Å²) in [5, 5.41) is 3.35. The highest BCUT2D eigenvalue weighted by atomic mass is 16.5. The first-order chi connectivity index (χ1) is 8.63. The van der Waals surface area contributed by atoms with Crippen molar-refractivity contribution >= 4 is 11.7 Å². The molecule has 1 aromatic rings. The number of nitrogens with one attached hydrogen (secondary N) is 1. The van der Waals surface area contributed by atoms with E-state index in [0.29, 0.717) is 6.61 Å². The van der Waals surface area contributed by atoms with Gasteiger partial charge in [0.05, 0.1) is 5.92 Å². The monoisotopic (exact) mass is 249 g/mol. The highest BCUT2D eigenvalue weighted by Crippen LogP contribution is 2.11. The molecule has 0 unspecified atom stereocenters. The van der Waals surface area contributed by atoms with Gasteiger partial charge in [-0.25, -0.2) is 0 Å². The lowest BCUT2D eigenvalue weighted by molar-refractivity contribution is -0.148. The van der Waals surface area contributed by atoms with Crippen LogP contribution in [-0.4, -0.2) is 12.5 Å². The largest absolute Gasteiger partial charge is 0.461 e. The number of anilines is 1. The van der Waals surface area contributed by atoms with E-state index >= 15 is 0 Å².